The number of nitrogens with zero attached hydrogens (tertiary/aromatic N) is 4. The average Bonchev–Trinajstić information content (AvgIpc) is 3.03. The Morgan fingerprint density at radius 1 is 1.31 bits per heavy atom. The second kappa shape index (κ2) is 8.48. The van der Waals surface area contributed by atoms with Crippen LogP contribution >= 0.6 is 0 Å². The van der Waals surface area contributed by atoms with Gasteiger partial charge >= 0.3 is 0 Å². The molecule has 3 heterocycles. The third-order valence-electron chi connectivity index (χ3n) is 5.61. The Morgan fingerprint density at radius 3 is 2.92 bits per heavy atom. The predicted molar refractivity (Wildman–Crippen MR) is 97.2 cm³/mol. The Kier molecular flexibility index (Phi) is 6.29. The van der Waals surface area contributed by atoms with Gasteiger partial charge in [0.15, 0.2) is 5.82 Å². The van der Waals surface area contributed by atoms with E-state index in [1.165, 1.54) is 6.42 Å². The summed E-state index contributed by atoms with van der Waals surface area (Å²) in [7, 11) is 1.62. The van der Waals surface area contributed by atoms with E-state index in [0.717, 1.165) is 45.4 Å². The van der Waals surface area contributed by atoms with Gasteiger partial charge in [-0.25, -0.2) is 0 Å². The molecule has 1 aromatic rings. The Hall–Kier alpha value is -1.47. The van der Waals surface area contributed by atoms with E-state index in [0.29, 0.717) is 43.1 Å². The zero-order valence-electron chi connectivity index (χ0n) is 16.4. The summed E-state index contributed by atoms with van der Waals surface area (Å²) in [5.41, 5.74) is 0.221. The molecule has 7 nitrogen and oxygen atoms in total. The third kappa shape index (κ3) is 4.82. The highest BCUT2D eigenvalue weighted by Gasteiger charge is 2.41. The topological polar surface area (TPSA) is 71.7 Å². The fraction of sp³-hybridized carbons (Fsp3) is 0.842. The zero-order valence-corrected chi connectivity index (χ0v) is 16.4. The van der Waals surface area contributed by atoms with Crippen LogP contribution in [0.3, 0.4) is 0 Å². The third-order valence-corrected chi connectivity index (χ3v) is 5.61. The van der Waals surface area contributed by atoms with E-state index in [9.17, 15) is 4.79 Å². The first-order chi connectivity index (χ1) is 12.5. The number of carbonyl (C=O) groups is 1. The smallest absolute Gasteiger partial charge is 0.240 e. The van der Waals surface area contributed by atoms with E-state index in [-0.39, 0.29) is 5.41 Å². The molecule has 2 aliphatic rings. The average molecular weight is 364 g/mol. The van der Waals surface area contributed by atoms with Gasteiger partial charge in [0.05, 0.1) is 6.54 Å². The first-order valence-electron chi connectivity index (χ1n) is 9.80. The van der Waals surface area contributed by atoms with Crippen molar-refractivity contribution < 1.29 is 14.1 Å². The molecule has 0 aliphatic carbocycles. The molecule has 0 saturated carbocycles. The highest BCUT2D eigenvalue weighted by Crippen LogP contribution is 2.39. The number of hydrogen-bond acceptors (Lipinski definition) is 6. The lowest BCUT2D eigenvalue weighted by atomic mass is 9.73. The van der Waals surface area contributed by atoms with E-state index in [4.69, 9.17) is 9.26 Å². The van der Waals surface area contributed by atoms with Crippen LogP contribution in [0.2, 0.25) is 0 Å². The Labute approximate surface area is 156 Å². The molecular formula is C19H32N4O3. The zero-order chi connectivity index (χ0) is 18.6. The maximum absolute atomic E-state index is 12.3. The molecule has 0 aromatic carbocycles. The van der Waals surface area contributed by atoms with Crippen LogP contribution in [-0.2, 0) is 22.7 Å². The van der Waals surface area contributed by atoms with E-state index in [2.05, 4.69) is 33.8 Å². The summed E-state index contributed by atoms with van der Waals surface area (Å²) in [6.45, 7) is 9.32. The number of likely N-dealkylation sites (tertiary alicyclic amines) is 2. The second-order valence-electron chi connectivity index (χ2n) is 8.35. The van der Waals surface area contributed by atoms with Gasteiger partial charge in [0, 0.05) is 38.6 Å². The van der Waals surface area contributed by atoms with Crippen LogP contribution < -0.4 is 0 Å². The van der Waals surface area contributed by atoms with Crippen molar-refractivity contribution in [2.45, 2.75) is 59.1 Å². The fourth-order valence-corrected chi connectivity index (χ4v) is 4.23. The summed E-state index contributed by atoms with van der Waals surface area (Å²) in [5, 5.41) is 3.95. The summed E-state index contributed by atoms with van der Waals surface area (Å²) in [6.07, 6.45) is 5.12. The summed E-state index contributed by atoms with van der Waals surface area (Å²) >= 11 is 0. The molecule has 1 amide bonds. The molecule has 1 unspecified atom stereocenters. The van der Waals surface area contributed by atoms with Gasteiger partial charge in [-0.05, 0) is 38.1 Å². The number of ether oxygens (including phenoxy) is 1. The molecule has 0 N–H and O–H groups in total. The quantitative estimate of drug-likeness (QED) is 0.740. The number of hydrogen-bond donors (Lipinski definition) is 0. The molecule has 1 aromatic heterocycles. The van der Waals surface area contributed by atoms with Crippen LogP contribution in [0.5, 0.6) is 0 Å². The van der Waals surface area contributed by atoms with Gasteiger partial charge < -0.3 is 14.2 Å². The summed E-state index contributed by atoms with van der Waals surface area (Å²) in [5.74, 6) is 2.20. The van der Waals surface area contributed by atoms with Gasteiger partial charge in [0.25, 0.3) is 0 Å². The van der Waals surface area contributed by atoms with Crippen molar-refractivity contribution in [3.8, 4) is 0 Å². The van der Waals surface area contributed by atoms with Gasteiger partial charge in [0.1, 0.15) is 6.61 Å². The maximum atomic E-state index is 12.3. The van der Waals surface area contributed by atoms with Gasteiger partial charge in [-0.3, -0.25) is 9.69 Å². The van der Waals surface area contributed by atoms with Crippen molar-refractivity contribution in [1.29, 1.82) is 0 Å². The predicted octanol–water partition coefficient (Wildman–Crippen LogP) is 2.47. The minimum absolute atomic E-state index is 0.221. The van der Waals surface area contributed by atoms with Crippen LogP contribution in [0, 0.1) is 11.3 Å². The minimum Gasteiger partial charge on any atom is -0.377 e. The standard InChI is InChI=1S/C19H32N4O3/c1-15(2)6-10-23-14-19(8-5-18(23)24)7-4-9-22(13-19)11-17-20-16(12-25-3)21-26-17/h15H,4-14H2,1-3H3. The number of piperidine rings is 2. The number of aromatic nitrogens is 2. The van der Waals surface area contributed by atoms with Gasteiger partial charge in [0.2, 0.25) is 11.8 Å². The number of methoxy groups -OCH3 is 1. The van der Waals surface area contributed by atoms with Crippen molar-refractivity contribution in [1.82, 2.24) is 19.9 Å². The first-order valence-corrected chi connectivity index (χ1v) is 9.80. The molecular weight excluding hydrogens is 332 g/mol. The minimum atomic E-state index is 0.221. The van der Waals surface area contributed by atoms with Gasteiger partial charge in [-0.2, -0.15) is 4.98 Å². The fourth-order valence-electron chi connectivity index (χ4n) is 4.23. The first kappa shape index (κ1) is 19.3. The van der Waals surface area contributed by atoms with Crippen molar-refractivity contribution in [2.24, 2.45) is 11.3 Å². The van der Waals surface area contributed by atoms with E-state index >= 15 is 0 Å². The van der Waals surface area contributed by atoms with E-state index in [1.807, 2.05) is 0 Å². The summed E-state index contributed by atoms with van der Waals surface area (Å²) < 4.78 is 10.4. The number of carbonyl (C=O) groups excluding carboxylic acids is 1. The largest absolute Gasteiger partial charge is 0.377 e. The molecule has 1 spiro atoms. The molecule has 2 aliphatic heterocycles. The summed E-state index contributed by atoms with van der Waals surface area (Å²) in [6, 6.07) is 0. The van der Waals surface area contributed by atoms with Crippen LogP contribution in [0.4, 0.5) is 0 Å². The van der Waals surface area contributed by atoms with Crippen molar-refractivity contribution in [2.75, 3.05) is 33.3 Å². The lowest BCUT2D eigenvalue weighted by Gasteiger charge is -2.48. The van der Waals surface area contributed by atoms with Crippen LogP contribution in [0.25, 0.3) is 0 Å². The SMILES string of the molecule is COCc1noc(CN2CCCC3(CCC(=O)N(CCC(C)C)C3)C2)n1. The van der Waals surface area contributed by atoms with Gasteiger partial charge in [-0.1, -0.05) is 19.0 Å². The normalized spacial score (nSPS) is 24.8. The van der Waals surface area contributed by atoms with E-state index < -0.39 is 0 Å². The Balaban J connectivity index is 1.59. The lowest BCUT2D eigenvalue weighted by molar-refractivity contribution is -0.139. The molecule has 2 saturated heterocycles. The molecule has 146 valence electrons. The second-order valence-corrected chi connectivity index (χ2v) is 8.35. The molecule has 0 radical (unpaired) electrons. The lowest BCUT2D eigenvalue weighted by Crippen LogP contribution is -2.54. The van der Waals surface area contributed by atoms with E-state index in [1.54, 1.807) is 7.11 Å². The number of rotatable bonds is 7. The molecule has 1 atom stereocenters. The summed E-state index contributed by atoms with van der Waals surface area (Å²) in [4.78, 5) is 21.2. The van der Waals surface area contributed by atoms with Crippen molar-refractivity contribution >= 4 is 5.91 Å². The molecule has 26 heavy (non-hydrogen) atoms. The molecule has 7 heteroatoms. The van der Waals surface area contributed by atoms with Crippen LogP contribution in [0.15, 0.2) is 4.52 Å². The van der Waals surface area contributed by atoms with Crippen molar-refractivity contribution in [3.05, 3.63) is 11.7 Å². The highest BCUT2D eigenvalue weighted by molar-refractivity contribution is 5.77. The van der Waals surface area contributed by atoms with Gasteiger partial charge in [-0.15, -0.1) is 0 Å². The van der Waals surface area contributed by atoms with Crippen LogP contribution in [0.1, 0.15) is 57.7 Å². The highest BCUT2D eigenvalue weighted by atomic mass is 16.5. The number of amides is 1. The van der Waals surface area contributed by atoms with Crippen LogP contribution in [-0.4, -0.2) is 59.1 Å². The molecule has 0 bridgehead atoms. The maximum Gasteiger partial charge on any atom is 0.240 e. The Morgan fingerprint density at radius 2 is 2.15 bits per heavy atom. The molecule has 2 fully saturated rings. The monoisotopic (exact) mass is 364 g/mol. The molecule has 3 rings (SSSR count). The van der Waals surface area contributed by atoms with Crippen molar-refractivity contribution in [3.63, 3.8) is 0 Å². The Bertz CT molecular complexity index is 603.